The van der Waals surface area contributed by atoms with Crippen molar-refractivity contribution in [1.29, 1.82) is 0 Å². The van der Waals surface area contributed by atoms with Crippen LogP contribution in [0.2, 0.25) is 0 Å². The van der Waals surface area contributed by atoms with Crippen molar-refractivity contribution in [1.82, 2.24) is 5.32 Å². The first-order valence-corrected chi connectivity index (χ1v) is 6.74. The van der Waals surface area contributed by atoms with Gasteiger partial charge in [0, 0.05) is 36.4 Å². The molecule has 0 spiro atoms. The summed E-state index contributed by atoms with van der Waals surface area (Å²) in [6.45, 7) is 6.29. The SMILES string of the molecule is COCCC(C)(O)CNC(=O)c1cc(C)sc1C. The van der Waals surface area contributed by atoms with Crippen molar-refractivity contribution in [2.75, 3.05) is 20.3 Å². The van der Waals surface area contributed by atoms with Crippen LogP contribution < -0.4 is 5.32 Å². The van der Waals surface area contributed by atoms with Gasteiger partial charge in [-0.3, -0.25) is 4.79 Å². The number of ether oxygens (including phenoxy) is 1. The average Bonchev–Trinajstić information content (AvgIpc) is 2.63. The van der Waals surface area contributed by atoms with Crippen LogP contribution in [0.15, 0.2) is 6.07 Å². The highest BCUT2D eigenvalue weighted by molar-refractivity contribution is 7.12. The summed E-state index contributed by atoms with van der Waals surface area (Å²) in [5, 5.41) is 12.8. The first-order chi connectivity index (χ1) is 8.35. The van der Waals surface area contributed by atoms with Crippen LogP contribution in [0.3, 0.4) is 0 Å². The van der Waals surface area contributed by atoms with Gasteiger partial charge in [0.2, 0.25) is 0 Å². The highest BCUT2D eigenvalue weighted by atomic mass is 32.1. The smallest absolute Gasteiger partial charge is 0.252 e. The van der Waals surface area contributed by atoms with E-state index in [1.54, 1.807) is 25.4 Å². The minimum absolute atomic E-state index is 0.130. The fraction of sp³-hybridized carbons (Fsp3) is 0.615. The van der Waals surface area contributed by atoms with Crippen LogP contribution in [-0.2, 0) is 4.74 Å². The van der Waals surface area contributed by atoms with E-state index in [9.17, 15) is 9.90 Å². The molecule has 0 bridgehead atoms. The van der Waals surface area contributed by atoms with Crippen LogP contribution in [0, 0.1) is 13.8 Å². The summed E-state index contributed by atoms with van der Waals surface area (Å²) in [6.07, 6.45) is 0.491. The molecule has 1 atom stereocenters. The van der Waals surface area contributed by atoms with Gasteiger partial charge >= 0.3 is 0 Å². The Morgan fingerprint density at radius 2 is 2.22 bits per heavy atom. The second-order valence-corrected chi connectivity index (χ2v) is 6.21. The third kappa shape index (κ3) is 4.40. The molecule has 0 aromatic carbocycles. The topological polar surface area (TPSA) is 58.6 Å². The molecule has 5 heteroatoms. The molecule has 0 aliphatic carbocycles. The van der Waals surface area contributed by atoms with Crippen LogP contribution >= 0.6 is 11.3 Å². The molecule has 0 aliphatic rings. The molecule has 0 saturated carbocycles. The second kappa shape index (κ2) is 6.31. The van der Waals surface area contributed by atoms with Gasteiger partial charge in [-0.15, -0.1) is 11.3 Å². The minimum Gasteiger partial charge on any atom is -0.388 e. The van der Waals surface area contributed by atoms with Crippen molar-refractivity contribution < 1.29 is 14.6 Å². The Kier molecular flexibility index (Phi) is 5.31. The number of hydrogen-bond acceptors (Lipinski definition) is 4. The zero-order chi connectivity index (χ0) is 13.8. The number of hydrogen-bond donors (Lipinski definition) is 2. The molecule has 1 unspecified atom stereocenters. The van der Waals surface area contributed by atoms with Gasteiger partial charge in [-0.1, -0.05) is 0 Å². The van der Waals surface area contributed by atoms with Crippen LogP contribution in [0.5, 0.6) is 0 Å². The van der Waals surface area contributed by atoms with E-state index < -0.39 is 5.60 Å². The summed E-state index contributed by atoms with van der Waals surface area (Å²) in [6, 6.07) is 1.87. The highest BCUT2D eigenvalue weighted by Crippen LogP contribution is 2.20. The van der Waals surface area contributed by atoms with Crippen molar-refractivity contribution in [2.24, 2.45) is 0 Å². The molecule has 18 heavy (non-hydrogen) atoms. The van der Waals surface area contributed by atoms with E-state index in [1.807, 2.05) is 19.9 Å². The summed E-state index contributed by atoms with van der Waals surface area (Å²) in [5.74, 6) is -0.130. The normalized spacial score (nSPS) is 14.3. The standard InChI is InChI=1S/C13H21NO3S/c1-9-7-11(10(2)18-9)12(15)14-8-13(3,16)5-6-17-4/h7,16H,5-6,8H2,1-4H3,(H,14,15). The number of aryl methyl sites for hydroxylation is 2. The Bertz CT molecular complexity index is 412. The molecule has 1 amide bonds. The summed E-state index contributed by atoms with van der Waals surface area (Å²) in [7, 11) is 1.59. The Morgan fingerprint density at radius 1 is 1.56 bits per heavy atom. The molecule has 4 nitrogen and oxygen atoms in total. The van der Waals surface area contributed by atoms with Gasteiger partial charge in [0.15, 0.2) is 0 Å². The summed E-state index contributed by atoms with van der Waals surface area (Å²) in [4.78, 5) is 14.1. The number of nitrogens with one attached hydrogen (secondary N) is 1. The van der Waals surface area contributed by atoms with Gasteiger partial charge in [-0.25, -0.2) is 0 Å². The molecule has 1 heterocycles. The zero-order valence-corrected chi connectivity index (χ0v) is 12.2. The lowest BCUT2D eigenvalue weighted by Gasteiger charge is -2.23. The van der Waals surface area contributed by atoms with Gasteiger partial charge in [0.25, 0.3) is 5.91 Å². The average molecular weight is 271 g/mol. The van der Waals surface area contributed by atoms with Crippen molar-refractivity contribution >= 4 is 17.2 Å². The fourth-order valence-electron chi connectivity index (χ4n) is 1.63. The fourth-order valence-corrected chi connectivity index (χ4v) is 2.55. The lowest BCUT2D eigenvalue weighted by Crippen LogP contribution is -2.41. The number of rotatable bonds is 6. The molecule has 1 rings (SSSR count). The van der Waals surface area contributed by atoms with Crippen molar-refractivity contribution in [2.45, 2.75) is 32.8 Å². The van der Waals surface area contributed by atoms with Crippen molar-refractivity contribution in [3.8, 4) is 0 Å². The molecule has 2 N–H and O–H groups in total. The summed E-state index contributed by atoms with van der Waals surface area (Å²) < 4.78 is 4.92. The third-order valence-electron chi connectivity index (χ3n) is 2.76. The van der Waals surface area contributed by atoms with E-state index >= 15 is 0 Å². The Labute approximate surface area is 112 Å². The third-order valence-corrected chi connectivity index (χ3v) is 3.73. The van der Waals surface area contributed by atoms with E-state index in [1.165, 1.54) is 0 Å². The molecule has 102 valence electrons. The summed E-state index contributed by atoms with van der Waals surface area (Å²) in [5.41, 5.74) is -0.245. The Balaban J connectivity index is 2.53. The molecule has 1 aromatic heterocycles. The number of methoxy groups -OCH3 is 1. The first-order valence-electron chi connectivity index (χ1n) is 5.92. The maximum absolute atomic E-state index is 12.0. The van der Waals surface area contributed by atoms with Gasteiger partial charge in [0.1, 0.15) is 0 Å². The van der Waals surface area contributed by atoms with Gasteiger partial charge in [0.05, 0.1) is 11.2 Å². The highest BCUT2D eigenvalue weighted by Gasteiger charge is 2.22. The zero-order valence-electron chi connectivity index (χ0n) is 11.4. The number of amides is 1. The molecule has 0 radical (unpaired) electrons. The van der Waals surface area contributed by atoms with E-state index in [0.29, 0.717) is 18.6 Å². The lowest BCUT2D eigenvalue weighted by molar-refractivity contribution is 0.0243. The van der Waals surface area contributed by atoms with Gasteiger partial charge in [-0.05, 0) is 26.8 Å². The van der Waals surface area contributed by atoms with Crippen molar-refractivity contribution in [3.05, 3.63) is 21.4 Å². The van der Waals surface area contributed by atoms with E-state index in [4.69, 9.17) is 4.74 Å². The van der Waals surface area contributed by atoms with Crippen LogP contribution in [0.25, 0.3) is 0 Å². The number of thiophene rings is 1. The monoisotopic (exact) mass is 271 g/mol. The molecule has 0 aliphatic heterocycles. The molecular formula is C13H21NO3S. The Hall–Kier alpha value is -0.910. The van der Waals surface area contributed by atoms with Crippen LogP contribution in [0.1, 0.15) is 33.5 Å². The number of carbonyl (C=O) groups is 1. The minimum atomic E-state index is -0.940. The predicted octanol–water partition coefficient (Wildman–Crippen LogP) is 1.88. The molecule has 0 saturated heterocycles. The van der Waals surface area contributed by atoms with E-state index in [2.05, 4.69) is 5.32 Å². The Morgan fingerprint density at radius 3 is 2.72 bits per heavy atom. The van der Waals surface area contributed by atoms with Crippen LogP contribution in [0.4, 0.5) is 0 Å². The predicted molar refractivity (Wildman–Crippen MR) is 73.2 cm³/mol. The van der Waals surface area contributed by atoms with Gasteiger partial charge < -0.3 is 15.2 Å². The lowest BCUT2D eigenvalue weighted by atomic mass is 10.0. The van der Waals surface area contributed by atoms with Crippen LogP contribution in [-0.4, -0.2) is 36.9 Å². The summed E-state index contributed by atoms with van der Waals surface area (Å²) >= 11 is 1.60. The second-order valence-electron chi connectivity index (χ2n) is 4.75. The van der Waals surface area contributed by atoms with Crippen molar-refractivity contribution in [3.63, 3.8) is 0 Å². The maximum Gasteiger partial charge on any atom is 0.252 e. The molecule has 0 fully saturated rings. The van der Waals surface area contributed by atoms with E-state index in [0.717, 1.165) is 9.75 Å². The number of aliphatic hydroxyl groups is 1. The number of carbonyl (C=O) groups excluding carboxylic acids is 1. The quantitative estimate of drug-likeness (QED) is 0.830. The van der Waals surface area contributed by atoms with E-state index in [-0.39, 0.29) is 12.5 Å². The molecular weight excluding hydrogens is 250 g/mol. The van der Waals surface area contributed by atoms with Gasteiger partial charge in [-0.2, -0.15) is 0 Å². The maximum atomic E-state index is 12.0. The first kappa shape index (κ1) is 15.1. The molecule has 1 aromatic rings. The largest absolute Gasteiger partial charge is 0.388 e.